The highest BCUT2D eigenvalue weighted by Gasteiger charge is 2.29. The number of aromatic nitrogens is 1. The van der Waals surface area contributed by atoms with Gasteiger partial charge < -0.3 is 19.4 Å². The van der Waals surface area contributed by atoms with Gasteiger partial charge in [-0.05, 0) is 51.0 Å². The van der Waals surface area contributed by atoms with E-state index in [1.807, 2.05) is 0 Å². The highest BCUT2D eigenvalue weighted by atomic mass is 35.5. The fraction of sp³-hybridized carbons (Fsp3) is 0.364. The summed E-state index contributed by atoms with van der Waals surface area (Å²) >= 11 is 6.21. The minimum Gasteiger partial charge on any atom is -0.465 e. The standard InChI is InChI=1S/C22H23ClN2O6/c1-11-18(22(29)30-4)12(2)24-19(11)20(27)13(3)31-21(28)14-7-8-15(23)16(10-14)25-9-5-6-17(25)26/h7-8,10,13,24H,5-6,9H2,1-4H3/t13-/m0/s1. The number of esters is 2. The van der Waals surface area contributed by atoms with Crippen LogP contribution in [-0.2, 0) is 14.3 Å². The van der Waals surface area contributed by atoms with Crippen LogP contribution in [0.2, 0.25) is 5.02 Å². The lowest BCUT2D eigenvalue weighted by Crippen LogP contribution is -2.26. The largest absolute Gasteiger partial charge is 0.465 e. The van der Waals surface area contributed by atoms with Crippen molar-refractivity contribution >= 4 is 40.9 Å². The molecule has 1 aromatic heterocycles. The van der Waals surface area contributed by atoms with Crippen LogP contribution in [0.5, 0.6) is 0 Å². The van der Waals surface area contributed by atoms with Crippen LogP contribution in [0.1, 0.15) is 62.2 Å². The monoisotopic (exact) mass is 446 g/mol. The number of ketones is 1. The molecule has 31 heavy (non-hydrogen) atoms. The van der Waals surface area contributed by atoms with Gasteiger partial charge >= 0.3 is 11.9 Å². The second-order valence-electron chi connectivity index (χ2n) is 7.34. The summed E-state index contributed by atoms with van der Waals surface area (Å²) in [6.45, 7) is 5.26. The normalized spacial score (nSPS) is 14.5. The zero-order chi connectivity index (χ0) is 22.9. The van der Waals surface area contributed by atoms with E-state index in [0.29, 0.717) is 34.9 Å². The Kier molecular flexibility index (Phi) is 6.50. The van der Waals surface area contributed by atoms with Crippen LogP contribution in [0.25, 0.3) is 0 Å². The van der Waals surface area contributed by atoms with Crippen molar-refractivity contribution in [2.75, 3.05) is 18.6 Å². The third-order valence-corrected chi connectivity index (χ3v) is 5.59. The number of carbonyl (C=O) groups excluding carboxylic acids is 4. The van der Waals surface area contributed by atoms with Crippen LogP contribution >= 0.6 is 11.6 Å². The van der Waals surface area contributed by atoms with E-state index in [2.05, 4.69) is 4.98 Å². The Morgan fingerprint density at radius 2 is 1.90 bits per heavy atom. The van der Waals surface area contributed by atoms with Gasteiger partial charge in [-0.15, -0.1) is 0 Å². The van der Waals surface area contributed by atoms with E-state index in [-0.39, 0.29) is 22.7 Å². The predicted octanol–water partition coefficient (Wildman–Crippen LogP) is 3.63. The number of ether oxygens (including phenoxy) is 2. The summed E-state index contributed by atoms with van der Waals surface area (Å²) in [5, 5.41) is 0.351. The summed E-state index contributed by atoms with van der Waals surface area (Å²) in [7, 11) is 1.26. The van der Waals surface area contributed by atoms with Crippen LogP contribution in [0.15, 0.2) is 18.2 Å². The highest BCUT2D eigenvalue weighted by Crippen LogP contribution is 2.31. The first-order chi connectivity index (χ1) is 14.6. The van der Waals surface area contributed by atoms with E-state index in [4.69, 9.17) is 21.1 Å². The summed E-state index contributed by atoms with van der Waals surface area (Å²) in [4.78, 5) is 53.9. The molecule has 0 unspecified atom stereocenters. The molecule has 2 heterocycles. The van der Waals surface area contributed by atoms with Crippen molar-refractivity contribution in [2.45, 2.75) is 39.7 Å². The fourth-order valence-electron chi connectivity index (χ4n) is 3.64. The van der Waals surface area contributed by atoms with Crippen molar-refractivity contribution in [1.29, 1.82) is 0 Å². The molecule has 1 amide bonds. The average molecular weight is 447 g/mol. The molecule has 1 aromatic carbocycles. The van der Waals surface area contributed by atoms with Crippen LogP contribution in [0.4, 0.5) is 5.69 Å². The average Bonchev–Trinajstić information content (AvgIpc) is 3.29. The molecule has 8 nitrogen and oxygen atoms in total. The van der Waals surface area contributed by atoms with Gasteiger partial charge in [-0.25, -0.2) is 9.59 Å². The Hall–Kier alpha value is -3.13. The molecule has 2 aromatic rings. The van der Waals surface area contributed by atoms with E-state index in [1.165, 1.54) is 37.1 Å². The van der Waals surface area contributed by atoms with Crippen molar-refractivity contribution in [3.05, 3.63) is 51.3 Å². The SMILES string of the molecule is COC(=O)c1c(C)[nH]c(C(=O)[C@H](C)OC(=O)c2ccc(Cl)c(N3CCCC3=O)c2)c1C. The number of anilines is 1. The number of hydrogen-bond acceptors (Lipinski definition) is 6. The van der Waals surface area contributed by atoms with Crippen molar-refractivity contribution in [3.63, 3.8) is 0 Å². The van der Waals surface area contributed by atoms with Gasteiger partial charge in [-0.1, -0.05) is 11.6 Å². The van der Waals surface area contributed by atoms with Gasteiger partial charge in [0.15, 0.2) is 6.10 Å². The Balaban J connectivity index is 1.79. The minimum absolute atomic E-state index is 0.0602. The maximum atomic E-state index is 12.8. The molecule has 164 valence electrons. The van der Waals surface area contributed by atoms with Crippen molar-refractivity contribution in [2.24, 2.45) is 0 Å². The molecule has 1 saturated heterocycles. The second kappa shape index (κ2) is 8.93. The van der Waals surface area contributed by atoms with E-state index in [9.17, 15) is 19.2 Å². The molecule has 9 heteroatoms. The van der Waals surface area contributed by atoms with Crippen LogP contribution < -0.4 is 4.90 Å². The molecule has 1 aliphatic heterocycles. The van der Waals surface area contributed by atoms with Gasteiger partial charge in [0.2, 0.25) is 11.7 Å². The molecule has 0 spiro atoms. The van der Waals surface area contributed by atoms with Crippen molar-refractivity contribution in [3.8, 4) is 0 Å². The number of aromatic amines is 1. The Labute approximate surface area is 184 Å². The fourth-order valence-corrected chi connectivity index (χ4v) is 3.86. The first-order valence-electron chi connectivity index (χ1n) is 9.78. The van der Waals surface area contributed by atoms with Gasteiger partial charge in [-0.3, -0.25) is 9.59 Å². The number of carbonyl (C=O) groups is 4. The number of hydrogen-bond donors (Lipinski definition) is 1. The first kappa shape index (κ1) is 22.6. The molecule has 0 saturated carbocycles. The number of amides is 1. The Bertz CT molecular complexity index is 1070. The van der Waals surface area contributed by atoms with Gasteiger partial charge in [0.1, 0.15) is 0 Å². The van der Waals surface area contributed by atoms with Crippen molar-refractivity contribution < 1.29 is 28.7 Å². The molecule has 3 rings (SSSR count). The highest BCUT2D eigenvalue weighted by molar-refractivity contribution is 6.34. The number of aryl methyl sites for hydroxylation is 1. The van der Waals surface area contributed by atoms with Gasteiger partial charge in [0, 0.05) is 18.7 Å². The van der Waals surface area contributed by atoms with E-state index in [1.54, 1.807) is 13.8 Å². The Morgan fingerprint density at radius 1 is 1.19 bits per heavy atom. The van der Waals surface area contributed by atoms with Crippen LogP contribution in [0, 0.1) is 13.8 Å². The molecule has 0 aliphatic carbocycles. The quantitative estimate of drug-likeness (QED) is 0.536. The topological polar surface area (TPSA) is 106 Å². The van der Waals surface area contributed by atoms with Crippen LogP contribution in [0.3, 0.4) is 0 Å². The smallest absolute Gasteiger partial charge is 0.339 e. The van der Waals surface area contributed by atoms with E-state index >= 15 is 0 Å². The molecular weight excluding hydrogens is 424 g/mol. The molecule has 1 aliphatic rings. The lowest BCUT2D eigenvalue weighted by molar-refractivity contribution is -0.117. The Morgan fingerprint density at radius 3 is 2.52 bits per heavy atom. The number of halogens is 1. The number of rotatable bonds is 6. The minimum atomic E-state index is -1.11. The van der Waals surface area contributed by atoms with Gasteiger partial charge in [0.05, 0.1) is 34.6 Å². The molecule has 0 radical (unpaired) electrons. The zero-order valence-corrected chi connectivity index (χ0v) is 18.5. The summed E-state index contributed by atoms with van der Waals surface area (Å²) in [6, 6.07) is 4.49. The first-order valence-corrected chi connectivity index (χ1v) is 10.2. The molecule has 0 bridgehead atoms. The molecule has 1 atom stereocenters. The summed E-state index contributed by atoms with van der Waals surface area (Å²) in [6.07, 6.45) is 0.0407. The summed E-state index contributed by atoms with van der Waals surface area (Å²) < 4.78 is 10.1. The number of Topliss-reactive ketones (excluding diaryl/α,β-unsaturated/α-hetero) is 1. The number of H-pyrrole nitrogens is 1. The third kappa shape index (κ3) is 4.34. The molecule has 1 N–H and O–H groups in total. The number of nitrogens with zero attached hydrogens (tertiary/aromatic N) is 1. The summed E-state index contributed by atoms with van der Waals surface area (Å²) in [5.74, 6) is -1.82. The number of methoxy groups -OCH3 is 1. The number of nitrogens with one attached hydrogen (secondary N) is 1. The van der Waals surface area contributed by atoms with Crippen molar-refractivity contribution in [1.82, 2.24) is 4.98 Å². The molecule has 1 fully saturated rings. The van der Waals surface area contributed by atoms with Crippen LogP contribution in [-0.4, -0.2) is 48.4 Å². The lowest BCUT2D eigenvalue weighted by atomic mass is 10.1. The van der Waals surface area contributed by atoms with Gasteiger partial charge in [-0.2, -0.15) is 0 Å². The second-order valence-corrected chi connectivity index (χ2v) is 7.75. The molecular formula is C22H23ClN2O6. The summed E-state index contributed by atoms with van der Waals surface area (Å²) in [5.41, 5.74) is 1.99. The van der Waals surface area contributed by atoms with E-state index < -0.39 is 23.8 Å². The zero-order valence-electron chi connectivity index (χ0n) is 17.7. The van der Waals surface area contributed by atoms with E-state index in [0.717, 1.165) is 6.42 Å². The third-order valence-electron chi connectivity index (χ3n) is 5.27. The maximum Gasteiger partial charge on any atom is 0.339 e. The number of benzene rings is 1. The maximum absolute atomic E-state index is 12.8. The predicted molar refractivity (Wildman–Crippen MR) is 114 cm³/mol. The van der Waals surface area contributed by atoms with Gasteiger partial charge in [0.25, 0.3) is 0 Å². The lowest BCUT2D eigenvalue weighted by Gasteiger charge is -2.18.